The maximum absolute atomic E-state index is 6.05. The first kappa shape index (κ1) is 14.3. The van der Waals surface area contributed by atoms with Gasteiger partial charge in [0.15, 0.2) is 0 Å². The molecule has 0 bridgehead atoms. The van der Waals surface area contributed by atoms with E-state index in [1.807, 2.05) is 18.2 Å². The molecule has 0 saturated carbocycles. The van der Waals surface area contributed by atoms with Crippen LogP contribution in [0.2, 0.25) is 0 Å². The van der Waals surface area contributed by atoms with Crippen molar-refractivity contribution in [1.29, 1.82) is 0 Å². The molecule has 15 heavy (non-hydrogen) atoms. The van der Waals surface area contributed by atoms with Crippen molar-refractivity contribution in [2.24, 2.45) is 5.73 Å². The number of ether oxygens (including phenoxy) is 1. The lowest BCUT2D eigenvalue weighted by molar-refractivity contribution is 0.413. The number of unbranched alkanes of at least 4 members (excludes halogenated alkanes) is 1. The van der Waals surface area contributed by atoms with Crippen LogP contribution in [0.3, 0.4) is 0 Å². The molecule has 1 rings (SSSR count). The number of methoxy groups -OCH3 is 1. The third-order valence-corrected chi connectivity index (χ3v) is 2.39. The highest BCUT2D eigenvalue weighted by Crippen LogP contribution is 2.20. The molecule has 1 atom stereocenters. The van der Waals surface area contributed by atoms with Crippen LogP contribution in [-0.4, -0.2) is 7.11 Å². The minimum atomic E-state index is 0. The van der Waals surface area contributed by atoms with Gasteiger partial charge in [0.2, 0.25) is 0 Å². The number of halogens is 1. The molecule has 0 heterocycles. The van der Waals surface area contributed by atoms with Gasteiger partial charge in [-0.15, -0.1) is 12.4 Å². The van der Waals surface area contributed by atoms with Crippen molar-refractivity contribution in [3.8, 4) is 5.75 Å². The zero-order chi connectivity index (χ0) is 10.4. The minimum absolute atomic E-state index is 0. The van der Waals surface area contributed by atoms with Gasteiger partial charge in [-0.25, -0.2) is 0 Å². The lowest BCUT2D eigenvalue weighted by atomic mass is 10.0. The van der Waals surface area contributed by atoms with Gasteiger partial charge in [-0.2, -0.15) is 0 Å². The van der Waals surface area contributed by atoms with Crippen LogP contribution in [0.5, 0.6) is 5.75 Å². The summed E-state index contributed by atoms with van der Waals surface area (Å²) < 4.78 is 5.15. The summed E-state index contributed by atoms with van der Waals surface area (Å²) in [7, 11) is 1.68. The van der Waals surface area contributed by atoms with E-state index in [1.54, 1.807) is 7.11 Å². The molecular weight excluding hydrogens is 210 g/mol. The molecule has 86 valence electrons. The predicted molar refractivity (Wildman–Crippen MR) is 66.7 cm³/mol. The zero-order valence-corrected chi connectivity index (χ0v) is 10.2. The van der Waals surface area contributed by atoms with E-state index in [-0.39, 0.29) is 18.4 Å². The molecule has 0 fully saturated rings. The SMILES string of the molecule is CCCC[C@@H](N)c1cccc(OC)c1.Cl. The van der Waals surface area contributed by atoms with E-state index in [0.29, 0.717) is 0 Å². The molecule has 0 aliphatic rings. The number of hydrogen-bond donors (Lipinski definition) is 1. The van der Waals surface area contributed by atoms with Gasteiger partial charge in [-0.3, -0.25) is 0 Å². The predicted octanol–water partition coefficient (Wildman–Crippen LogP) is 3.31. The van der Waals surface area contributed by atoms with Crippen molar-refractivity contribution in [2.75, 3.05) is 7.11 Å². The van der Waals surface area contributed by atoms with Crippen molar-refractivity contribution in [1.82, 2.24) is 0 Å². The molecule has 0 spiro atoms. The first-order chi connectivity index (χ1) is 6.77. The van der Waals surface area contributed by atoms with Gasteiger partial charge >= 0.3 is 0 Å². The molecule has 1 aromatic carbocycles. The normalized spacial score (nSPS) is 11.7. The summed E-state index contributed by atoms with van der Waals surface area (Å²) in [4.78, 5) is 0. The molecule has 0 aliphatic heterocycles. The van der Waals surface area contributed by atoms with E-state index in [2.05, 4.69) is 13.0 Å². The van der Waals surface area contributed by atoms with Crippen molar-refractivity contribution >= 4 is 12.4 Å². The summed E-state index contributed by atoms with van der Waals surface area (Å²) in [6, 6.07) is 8.14. The van der Waals surface area contributed by atoms with Crippen LogP contribution < -0.4 is 10.5 Å². The fourth-order valence-electron chi connectivity index (χ4n) is 1.46. The Morgan fingerprint density at radius 2 is 2.13 bits per heavy atom. The third-order valence-electron chi connectivity index (χ3n) is 2.39. The topological polar surface area (TPSA) is 35.2 Å². The molecule has 1 aromatic rings. The van der Waals surface area contributed by atoms with Gasteiger partial charge in [-0.05, 0) is 24.1 Å². The largest absolute Gasteiger partial charge is 0.497 e. The second-order valence-electron chi connectivity index (χ2n) is 3.53. The van der Waals surface area contributed by atoms with E-state index in [9.17, 15) is 0 Å². The van der Waals surface area contributed by atoms with Gasteiger partial charge in [0, 0.05) is 6.04 Å². The number of benzene rings is 1. The summed E-state index contributed by atoms with van der Waals surface area (Å²) in [5, 5.41) is 0. The fraction of sp³-hybridized carbons (Fsp3) is 0.500. The summed E-state index contributed by atoms with van der Waals surface area (Å²) in [5.74, 6) is 0.884. The first-order valence-electron chi connectivity index (χ1n) is 5.17. The summed E-state index contributed by atoms with van der Waals surface area (Å²) >= 11 is 0. The highest BCUT2D eigenvalue weighted by Gasteiger charge is 2.05. The molecule has 0 amide bonds. The molecule has 0 saturated heterocycles. The van der Waals surface area contributed by atoms with Gasteiger partial charge in [0.1, 0.15) is 5.75 Å². The van der Waals surface area contributed by atoms with Gasteiger partial charge in [0.05, 0.1) is 7.11 Å². The zero-order valence-electron chi connectivity index (χ0n) is 9.40. The highest BCUT2D eigenvalue weighted by molar-refractivity contribution is 5.85. The van der Waals surface area contributed by atoms with Crippen LogP contribution in [0.15, 0.2) is 24.3 Å². The highest BCUT2D eigenvalue weighted by atomic mass is 35.5. The number of nitrogens with two attached hydrogens (primary N) is 1. The maximum Gasteiger partial charge on any atom is 0.119 e. The Hall–Kier alpha value is -0.730. The maximum atomic E-state index is 6.05. The second-order valence-corrected chi connectivity index (χ2v) is 3.53. The van der Waals surface area contributed by atoms with Gasteiger partial charge in [0.25, 0.3) is 0 Å². The van der Waals surface area contributed by atoms with Crippen molar-refractivity contribution < 1.29 is 4.74 Å². The molecule has 0 aromatic heterocycles. The van der Waals surface area contributed by atoms with E-state index < -0.39 is 0 Å². The third kappa shape index (κ3) is 4.54. The van der Waals surface area contributed by atoms with Crippen molar-refractivity contribution in [3.05, 3.63) is 29.8 Å². The average Bonchev–Trinajstić information content (AvgIpc) is 2.26. The van der Waals surface area contributed by atoms with Crippen molar-refractivity contribution in [2.45, 2.75) is 32.2 Å². The lowest BCUT2D eigenvalue weighted by Gasteiger charge is -2.12. The van der Waals surface area contributed by atoms with Crippen molar-refractivity contribution in [3.63, 3.8) is 0 Å². The smallest absolute Gasteiger partial charge is 0.119 e. The second kappa shape index (κ2) is 7.55. The molecule has 0 radical (unpaired) electrons. The first-order valence-corrected chi connectivity index (χ1v) is 5.17. The van der Waals surface area contributed by atoms with Crippen LogP contribution in [0.25, 0.3) is 0 Å². The van der Waals surface area contributed by atoms with E-state index >= 15 is 0 Å². The molecule has 2 nitrogen and oxygen atoms in total. The molecule has 0 unspecified atom stereocenters. The molecule has 0 aliphatic carbocycles. The Labute approximate surface area is 98.2 Å². The number of hydrogen-bond acceptors (Lipinski definition) is 2. The fourth-order valence-corrected chi connectivity index (χ4v) is 1.46. The monoisotopic (exact) mass is 229 g/mol. The Bertz CT molecular complexity index is 278. The Morgan fingerprint density at radius 3 is 2.73 bits per heavy atom. The van der Waals surface area contributed by atoms with Crippen LogP contribution in [-0.2, 0) is 0 Å². The quantitative estimate of drug-likeness (QED) is 0.841. The minimum Gasteiger partial charge on any atom is -0.497 e. The summed E-state index contributed by atoms with van der Waals surface area (Å²) in [5.41, 5.74) is 7.21. The Morgan fingerprint density at radius 1 is 1.40 bits per heavy atom. The van der Waals surface area contributed by atoms with Crippen LogP contribution in [0, 0.1) is 0 Å². The van der Waals surface area contributed by atoms with Gasteiger partial charge in [-0.1, -0.05) is 31.9 Å². The molecule has 3 heteroatoms. The van der Waals surface area contributed by atoms with E-state index in [4.69, 9.17) is 10.5 Å². The average molecular weight is 230 g/mol. The summed E-state index contributed by atoms with van der Waals surface area (Å²) in [6.07, 6.45) is 3.42. The van der Waals surface area contributed by atoms with E-state index in [0.717, 1.165) is 17.7 Å². The van der Waals surface area contributed by atoms with Crippen LogP contribution in [0.4, 0.5) is 0 Å². The lowest BCUT2D eigenvalue weighted by Crippen LogP contribution is -2.09. The number of rotatable bonds is 5. The van der Waals surface area contributed by atoms with Gasteiger partial charge < -0.3 is 10.5 Å². The summed E-state index contributed by atoms with van der Waals surface area (Å²) in [6.45, 7) is 2.18. The van der Waals surface area contributed by atoms with E-state index in [1.165, 1.54) is 12.8 Å². The standard InChI is InChI=1S/C12H19NO.ClH/c1-3-4-8-12(13)10-6-5-7-11(9-10)14-2;/h5-7,9,12H,3-4,8,13H2,1-2H3;1H/t12-;/m1./s1. The van der Waals surface area contributed by atoms with Crippen LogP contribution >= 0.6 is 12.4 Å². The Balaban J connectivity index is 0.00000196. The Kier molecular flexibility index (Phi) is 7.18. The van der Waals surface area contributed by atoms with Crippen LogP contribution in [0.1, 0.15) is 37.8 Å². The molecular formula is C12H20ClNO. The molecule has 2 N–H and O–H groups in total.